The number of nitrogens with zero attached hydrogens (tertiary/aromatic N) is 1. The Morgan fingerprint density at radius 2 is 1.66 bits per heavy atom. The number of thiophene rings is 1. The number of imide groups is 1. The van der Waals surface area contributed by atoms with Crippen LogP contribution < -0.4 is 5.32 Å². The topological polar surface area (TPSA) is 92.8 Å². The molecule has 1 N–H and O–H groups in total. The van der Waals surface area contributed by atoms with Crippen LogP contribution in [0.25, 0.3) is 0 Å². The average molecular weight is 551 g/mol. The summed E-state index contributed by atoms with van der Waals surface area (Å²) in [6.45, 7) is 1.98. The average Bonchev–Trinajstić information content (AvgIpc) is 3.25. The van der Waals surface area contributed by atoms with Gasteiger partial charge in [0.2, 0.25) is 5.91 Å². The van der Waals surface area contributed by atoms with Crippen molar-refractivity contribution in [3.05, 3.63) is 86.2 Å². The Balaban J connectivity index is 1.46. The van der Waals surface area contributed by atoms with Crippen LogP contribution in [-0.4, -0.2) is 35.2 Å². The van der Waals surface area contributed by atoms with Crippen molar-refractivity contribution < 1.29 is 23.9 Å². The Morgan fingerprint density at radius 1 is 1.00 bits per heavy atom. The van der Waals surface area contributed by atoms with Crippen LogP contribution in [0, 0.1) is 0 Å². The quantitative estimate of drug-likeness (QED) is 0.214. The minimum absolute atomic E-state index is 0.183. The van der Waals surface area contributed by atoms with Crippen molar-refractivity contribution in [2.75, 3.05) is 11.9 Å². The molecule has 1 aliphatic heterocycles. The molecule has 0 saturated heterocycles. The number of halogens is 1. The van der Waals surface area contributed by atoms with E-state index in [1.54, 1.807) is 55.5 Å². The largest absolute Gasteiger partial charge is 0.462 e. The molecule has 0 bridgehead atoms. The molecule has 1 atom stereocenters. The molecule has 7 nitrogen and oxygen atoms in total. The maximum atomic E-state index is 13.5. The Kier molecular flexibility index (Phi) is 7.63. The van der Waals surface area contributed by atoms with Crippen molar-refractivity contribution in [3.8, 4) is 0 Å². The fraction of sp³-hybridized carbons (Fsp3) is 0.310. The van der Waals surface area contributed by atoms with Crippen molar-refractivity contribution >= 4 is 51.6 Å². The number of carbonyl (C=O) groups is 4. The van der Waals surface area contributed by atoms with Crippen LogP contribution in [0.5, 0.6) is 0 Å². The van der Waals surface area contributed by atoms with Gasteiger partial charge in [0, 0.05) is 9.90 Å². The van der Waals surface area contributed by atoms with Gasteiger partial charge in [-0.05, 0) is 68.0 Å². The van der Waals surface area contributed by atoms with Crippen LogP contribution in [0.4, 0.5) is 5.00 Å². The number of benzene rings is 2. The highest BCUT2D eigenvalue weighted by molar-refractivity contribution is 7.17. The summed E-state index contributed by atoms with van der Waals surface area (Å²) in [7, 11) is 0. The lowest BCUT2D eigenvalue weighted by Crippen LogP contribution is -2.36. The van der Waals surface area contributed by atoms with Gasteiger partial charge >= 0.3 is 5.97 Å². The van der Waals surface area contributed by atoms with E-state index in [-0.39, 0.29) is 13.0 Å². The molecule has 2 aliphatic rings. The number of hydrogen-bond acceptors (Lipinski definition) is 6. The van der Waals surface area contributed by atoms with E-state index >= 15 is 0 Å². The third-order valence-corrected chi connectivity index (χ3v) is 8.38. The standard InChI is InChI=1S/C29H27ClN2O5S/c1-2-37-29(36)25-21-10-4-3-5-11-23(21)38-26(25)31-24(33)16-22(17-12-14-18(30)15-13-17)32-27(34)19-8-6-7-9-20(19)28(32)35/h6-9,12-15,22H,2-5,10-11,16H2,1H3,(H,31,33)/t22-/m0/s1. The maximum absolute atomic E-state index is 13.5. The van der Waals surface area contributed by atoms with Gasteiger partial charge in [0.05, 0.1) is 35.8 Å². The second kappa shape index (κ2) is 11.1. The molecule has 3 amide bonds. The van der Waals surface area contributed by atoms with Gasteiger partial charge < -0.3 is 10.1 Å². The Morgan fingerprint density at radius 3 is 2.32 bits per heavy atom. The number of ether oxygens (including phenoxy) is 1. The molecule has 0 fully saturated rings. The molecule has 5 rings (SSSR count). The number of amides is 3. The summed E-state index contributed by atoms with van der Waals surface area (Å²) in [6.07, 6.45) is 4.53. The SMILES string of the molecule is CCOC(=O)c1c(NC(=O)C[C@@H](c2ccc(Cl)cc2)N2C(=O)c3ccccc3C2=O)sc2c1CCCCC2. The Labute approximate surface area is 229 Å². The van der Waals surface area contributed by atoms with E-state index in [1.165, 1.54) is 11.3 Å². The highest BCUT2D eigenvalue weighted by Crippen LogP contribution is 2.39. The number of hydrogen-bond donors (Lipinski definition) is 1. The van der Waals surface area contributed by atoms with Crippen molar-refractivity contribution in [1.29, 1.82) is 0 Å². The molecule has 1 aliphatic carbocycles. The first-order valence-corrected chi connectivity index (χ1v) is 13.9. The molecule has 0 unspecified atom stereocenters. The van der Waals surface area contributed by atoms with Crippen LogP contribution in [0.2, 0.25) is 5.02 Å². The van der Waals surface area contributed by atoms with E-state index < -0.39 is 29.7 Å². The van der Waals surface area contributed by atoms with E-state index in [1.807, 2.05) is 0 Å². The van der Waals surface area contributed by atoms with Crippen molar-refractivity contribution in [1.82, 2.24) is 4.90 Å². The first-order chi connectivity index (χ1) is 18.4. The number of rotatable bonds is 7. The van der Waals surface area contributed by atoms with Gasteiger partial charge in [-0.15, -0.1) is 11.3 Å². The zero-order valence-corrected chi connectivity index (χ0v) is 22.5. The Bertz CT molecular complexity index is 1380. The smallest absolute Gasteiger partial charge is 0.341 e. The third-order valence-electron chi connectivity index (χ3n) is 6.92. The fourth-order valence-corrected chi connectivity index (χ4v) is 6.56. The van der Waals surface area contributed by atoms with Gasteiger partial charge in [-0.2, -0.15) is 0 Å². The predicted octanol–water partition coefficient (Wildman–Crippen LogP) is 6.21. The molecule has 1 aromatic heterocycles. The predicted molar refractivity (Wildman–Crippen MR) is 146 cm³/mol. The number of carbonyl (C=O) groups excluding carboxylic acids is 4. The van der Waals surface area contributed by atoms with Gasteiger partial charge in [-0.3, -0.25) is 19.3 Å². The summed E-state index contributed by atoms with van der Waals surface area (Å²) in [5.41, 5.74) is 2.60. The first kappa shape index (κ1) is 26.1. The highest BCUT2D eigenvalue weighted by Gasteiger charge is 2.41. The summed E-state index contributed by atoms with van der Waals surface area (Å²) >= 11 is 7.49. The van der Waals surface area contributed by atoms with E-state index in [0.717, 1.165) is 47.4 Å². The van der Waals surface area contributed by atoms with Gasteiger partial charge in [0.1, 0.15) is 5.00 Å². The van der Waals surface area contributed by atoms with Gasteiger partial charge in [0.15, 0.2) is 0 Å². The molecular formula is C29H27ClN2O5S. The molecule has 2 aromatic carbocycles. The lowest BCUT2D eigenvalue weighted by molar-refractivity contribution is -0.117. The number of fused-ring (bicyclic) bond motifs is 2. The number of anilines is 1. The highest BCUT2D eigenvalue weighted by atomic mass is 35.5. The van der Waals surface area contributed by atoms with Crippen LogP contribution in [0.3, 0.4) is 0 Å². The first-order valence-electron chi connectivity index (χ1n) is 12.7. The van der Waals surface area contributed by atoms with E-state index in [0.29, 0.717) is 32.3 Å². The minimum atomic E-state index is -0.858. The summed E-state index contributed by atoms with van der Waals surface area (Å²) < 4.78 is 5.33. The van der Waals surface area contributed by atoms with Crippen molar-refractivity contribution in [3.63, 3.8) is 0 Å². The molecule has 38 heavy (non-hydrogen) atoms. The number of esters is 1. The van der Waals surface area contributed by atoms with Crippen LogP contribution in [0.1, 0.15) is 85.7 Å². The van der Waals surface area contributed by atoms with E-state index in [9.17, 15) is 19.2 Å². The zero-order chi connectivity index (χ0) is 26.8. The molecule has 2 heterocycles. The zero-order valence-electron chi connectivity index (χ0n) is 20.9. The van der Waals surface area contributed by atoms with E-state index in [2.05, 4.69) is 5.32 Å². The summed E-state index contributed by atoms with van der Waals surface area (Å²) in [4.78, 5) is 55.2. The summed E-state index contributed by atoms with van der Waals surface area (Å²) in [6, 6.07) is 12.5. The second-order valence-corrected chi connectivity index (χ2v) is 10.9. The lowest BCUT2D eigenvalue weighted by Gasteiger charge is -2.26. The van der Waals surface area contributed by atoms with Crippen molar-refractivity contribution in [2.24, 2.45) is 0 Å². The van der Waals surface area contributed by atoms with Crippen LogP contribution >= 0.6 is 22.9 Å². The molecule has 9 heteroatoms. The van der Waals surface area contributed by atoms with Crippen LogP contribution in [0.15, 0.2) is 48.5 Å². The molecule has 0 spiro atoms. The summed E-state index contributed by atoms with van der Waals surface area (Å²) in [5, 5.41) is 3.87. The van der Waals surface area contributed by atoms with Crippen LogP contribution in [-0.2, 0) is 22.4 Å². The maximum Gasteiger partial charge on any atom is 0.341 e. The van der Waals surface area contributed by atoms with Gasteiger partial charge in [-0.25, -0.2) is 4.79 Å². The number of nitrogens with one attached hydrogen (secondary N) is 1. The number of aryl methyl sites for hydroxylation is 1. The van der Waals surface area contributed by atoms with Gasteiger partial charge in [0.25, 0.3) is 11.8 Å². The minimum Gasteiger partial charge on any atom is -0.462 e. The summed E-state index contributed by atoms with van der Waals surface area (Å²) in [5.74, 6) is -1.76. The fourth-order valence-electron chi connectivity index (χ4n) is 5.14. The molecule has 3 aromatic rings. The molecule has 0 radical (unpaired) electrons. The Hall–Kier alpha value is -3.49. The molecular weight excluding hydrogens is 524 g/mol. The molecule has 0 saturated carbocycles. The van der Waals surface area contributed by atoms with Gasteiger partial charge in [-0.1, -0.05) is 42.3 Å². The monoisotopic (exact) mass is 550 g/mol. The lowest BCUT2D eigenvalue weighted by atomic mass is 10.0. The normalized spacial score (nSPS) is 15.5. The second-order valence-electron chi connectivity index (χ2n) is 9.33. The molecule has 196 valence electrons. The van der Waals surface area contributed by atoms with E-state index in [4.69, 9.17) is 16.3 Å². The van der Waals surface area contributed by atoms with Crippen molar-refractivity contribution in [2.45, 2.75) is 51.5 Å². The third kappa shape index (κ3) is 4.98.